The maximum Gasteiger partial charge on any atom is 0.331 e. The lowest BCUT2D eigenvalue weighted by Crippen LogP contribution is -2.44. The molecule has 5 heterocycles. The molecule has 7 heteroatoms. The first-order chi connectivity index (χ1) is 15.1. The van der Waals surface area contributed by atoms with Crippen molar-refractivity contribution < 1.29 is 33.0 Å². The van der Waals surface area contributed by atoms with Crippen molar-refractivity contribution >= 4 is 11.9 Å². The van der Waals surface area contributed by atoms with E-state index in [0.29, 0.717) is 6.42 Å². The van der Waals surface area contributed by atoms with Crippen LogP contribution in [-0.4, -0.2) is 35.0 Å². The summed E-state index contributed by atoms with van der Waals surface area (Å²) in [5.41, 5.74) is -0.251. The Balaban J connectivity index is 1.26. The van der Waals surface area contributed by atoms with Crippen LogP contribution in [0.15, 0.2) is 46.8 Å². The first-order valence-electron chi connectivity index (χ1n) is 11.4. The smallest absolute Gasteiger partial charge is 0.331 e. The summed E-state index contributed by atoms with van der Waals surface area (Å²) in [5, 5.41) is 0. The van der Waals surface area contributed by atoms with Crippen molar-refractivity contribution in [3.63, 3.8) is 0 Å². The quantitative estimate of drug-likeness (QED) is 0.514. The zero-order valence-corrected chi connectivity index (χ0v) is 18.4. The van der Waals surface area contributed by atoms with Crippen molar-refractivity contribution in [3.05, 3.63) is 48.0 Å². The molecule has 7 atom stereocenters. The molecule has 4 fully saturated rings. The summed E-state index contributed by atoms with van der Waals surface area (Å²) in [5.74, 6) is -1.51. The van der Waals surface area contributed by atoms with Gasteiger partial charge in [0.2, 0.25) is 0 Å². The molecule has 0 amide bonds. The van der Waals surface area contributed by atoms with Gasteiger partial charge in [0.1, 0.15) is 17.1 Å². The van der Waals surface area contributed by atoms with Crippen LogP contribution >= 0.6 is 0 Å². The fourth-order valence-electron chi connectivity index (χ4n) is 7.61. The monoisotopic (exact) mass is 438 g/mol. The Morgan fingerprint density at radius 1 is 1.16 bits per heavy atom. The van der Waals surface area contributed by atoms with Crippen LogP contribution < -0.4 is 0 Å². The van der Waals surface area contributed by atoms with Crippen LogP contribution in [0.2, 0.25) is 0 Å². The van der Waals surface area contributed by atoms with Gasteiger partial charge < -0.3 is 23.4 Å². The molecule has 0 bridgehead atoms. The number of ether oxygens (including phenoxy) is 4. The van der Waals surface area contributed by atoms with E-state index >= 15 is 0 Å². The first kappa shape index (κ1) is 19.1. The van der Waals surface area contributed by atoms with E-state index in [-0.39, 0.29) is 35.5 Å². The van der Waals surface area contributed by atoms with E-state index in [0.717, 1.165) is 30.4 Å². The van der Waals surface area contributed by atoms with Gasteiger partial charge >= 0.3 is 11.9 Å². The summed E-state index contributed by atoms with van der Waals surface area (Å²) in [4.78, 5) is 25.1. The zero-order valence-electron chi connectivity index (χ0n) is 18.4. The largest absolute Gasteiger partial charge is 0.472 e. The Morgan fingerprint density at radius 2 is 2.00 bits per heavy atom. The van der Waals surface area contributed by atoms with Gasteiger partial charge in [-0.15, -0.1) is 0 Å². The number of rotatable bonds is 2. The standard InChI is InChI=1S/C25H26O7/c1-21(2)17(22(3)7-5-18(26)31-22)11-24(32-21)10-15-16(30-24)4-8-23-13-25(15,23)20(27)29-19(23)14-6-9-28-12-14/h5-7,9-10,12,16-17,19H,4,8,11,13H2,1-3H3/t16-,17+,19+,22-,23+,24-,25+/m0/s1. The van der Waals surface area contributed by atoms with E-state index in [2.05, 4.69) is 6.08 Å². The lowest BCUT2D eigenvalue weighted by Gasteiger charge is -2.36. The maximum absolute atomic E-state index is 13.2. The molecule has 0 unspecified atom stereocenters. The van der Waals surface area contributed by atoms with Crippen molar-refractivity contribution in [2.45, 2.75) is 75.7 Å². The summed E-state index contributed by atoms with van der Waals surface area (Å²) >= 11 is 0. The Hall–Kier alpha value is -2.38. The fraction of sp³-hybridized carbons (Fsp3) is 0.600. The molecular weight excluding hydrogens is 412 g/mol. The lowest BCUT2D eigenvalue weighted by molar-refractivity contribution is -0.223. The summed E-state index contributed by atoms with van der Waals surface area (Å²) < 4.78 is 30.0. The molecule has 1 aromatic heterocycles. The van der Waals surface area contributed by atoms with E-state index in [4.69, 9.17) is 23.4 Å². The molecule has 2 saturated heterocycles. The molecule has 2 saturated carbocycles. The minimum atomic E-state index is -0.929. The number of hydrogen-bond donors (Lipinski definition) is 0. The Labute approximate surface area is 185 Å². The molecule has 32 heavy (non-hydrogen) atoms. The number of esters is 2. The third-order valence-corrected chi connectivity index (χ3v) is 8.96. The fourth-order valence-corrected chi connectivity index (χ4v) is 7.61. The van der Waals surface area contributed by atoms with Gasteiger partial charge in [0, 0.05) is 29.4 Å². The van der Waals surface area contributed by atoms with Gasteiger partial charge in [0.25, 0.3) is 0 Å². The molecule has 1 aromatic rings. The third-order valence-electron chi connectivity index (χ3n) is 8.96. The van der Waals surface area contributed by atoms with Gasteiger partial charge in [-0.1, -0.05) is 0 Å². The molecule has 0 radical (unpaired) electrons. The predicted octanol–water partition coefficient (Wildman–Crippen LogP) is 3.76. The molecule has 6 aliphatic rings. The highest BCUT2D eigenvalue weighted by Gasteiger charge is 2.85. The van der Waals surface area contributed by atoms with E-state index in [1.807, 2.05) is 32.9 Å². The summed E-state index contributed by atoms with van der Waals surface area (Å²) in [6.45, 7) is 5.95. The normalized spacial score (nSPS) is 49.5. The van der Waals surface area contributed by atoms with Crippen LogP contribution in [0.3, 0.4) is 0 Å². The Morgan fingerprint density at radius 3 is 2.72 bits per heavy atom. The van der Waals surface area contributed by atoms with Crippen molar-refractivity contribution in [3.8, 4) is 0 Å². The molecule has 0 aromatic carbocycles. The van der Waals surface area contributed by atoms with Crippen LogP contribution in [0, 0.1) is 16.7 Å². The molecule has 4 aliphatic heterocycles. The van der Waals surface area contributed by atoms with Crippen LogP contribution in [0.5, 0.6) is 0 Å². The Bertz CT molecular complexity index is 1120. The minimum absolute atomic E-state index is 0.0922. The molecule has 7 nitrogen and oxygen atoms in total. The molecular formula is C25H26O7. The Kier molecular flexibility index (Phi) is 3.22. The van der Waals surface area contributed by atoms with Gasteiger partial charge in [-0.3, -0.25) is 4.79 Å². The number of furan rings is 1. The minimum Gasteiger partial charge on any atom is -0.472 e. The maximum atomic E-state index is 13.2. The summed E-state index contributed by atoms with van der Waals surface area (Å²) in [6, 6.07) is 1.89. The van der Waals surface area contributed by atoms with E-state index in [1.165, 1.54) is 6.08 Å². The third kappa shape index (κ3) is 2.05. The number of carbonyl (C=O) groups is 2. The highest BCUT2D eigenvalue weighted by Crippen LogP contribution is 2.83. The molecule has 2 aliphatic carbocycles. The average molecular weight is 438 g/mol. The van der Waals surface area contributed by atoms with Crippen molar-refractivity contribution in [1.82, 2.24) is 0 Å². The zero-order chi connectivity index (χ0) is 22.1. The highest BCUT2D eigenvalue weighted by atomic mass is 16.7. The van der Waals surface area contributed by atoms with Crippen LogP contribution in [0.25, 0.3) is 0 Å². The molecule has 0 N–H and O–H groups in total. The second-order valence-corrected chi connectivity index (χ2v) is 11.0. The molecule has 168 valence electrons. The van der Waals surface area contributed by atoms with E-state index in [9.17, 15) is 9.59 Å². The predicted molar refractivity (Wildman–Crippen MR) is 109 cm³/mol. The van der Waals surface area contributed by atoms with Gasteiger partial charge in [0.15, 0.2) is 5.79 Å². The number of fused-ring (bicyclic) bond motifs is 1. The summed E-state index contributed by atoms with van der Waals surface area (Å²) in [6.07, 6.45) is 11.2. The van der Waals surface area contributed by atoms with Gasteiger partial charge in [0.05, 0.1) is 24.2 Å². The SMILES string of the molecule is CC1(C)O[C@@]2(C=C3[C@H](CC[C@]45C[C@]34C(=O)O[C@@H]5c3ccoc3)O2)C[C@H]1[C@]1(C)C=CC(=O)O1. The van der Waals surface area contributed by atoms with Crippen molar-refractivity contribution in [2.75, 3.05) is 0 Å². The van der Waals surface area contributed by atoms with E-state index in [1.54, 1.807) is 12.5 Å². The van der Waals surface area contributed by atoms with Gasteiger partial charge in [-0.05, 0) is 63.8 Å². The van der Waals surface area contributed by atoms with Crippen LogP contribution in [-0.2, 0) is 28.5 Å². The first-order valence-corrected chi connectivity index (χ1v) is 11.4. The summed E-state index contributed by atoms with van der Waals surface area (Å²) in [7, 11) is 0. The topological polar surface area (TPSA) is 84.2 Å². The number of cyclic esters (lactones) is 2. The second kappa shape index (κ2) is 5.39. The van der Waals surface area contributed by atoms with Gasteiger partial charge in [-0.25, -0.2) is 4.79 Å². The molecule has 1 spiro atoms. The number of carbonyl (C=O) groups excluding carboxylic acids is 2. The van der Waals surface area contributed by atoms with E-state index < -0.39 is 22.4 Å². The van der Waals surface area contributed by atoms with Gasteiger partial charge in [-0.2, -0.15) is 0 Å². The number of hydrogen-bond acceptors (Lipinski definition) is 7. The van der Waals surface area contributed by atoms with Crippen LogP contribution in [0.1, 0.15) is 58.1 Å². The van der Waals surface area contributed by atoms with Crippen molar-refractivity contribution in [2.24, 2.45) is 16.7 Å². The highest BCUT2D eigenvalue weighted by molar-refractivity contribution is 5.90. The van der Waals surface area contributed by atoms with Crippen molar-refractivity contribution in [1.29, 1.82) is 0 Å². The van der Waals surface area contributed by atoms with Crippen LogP contribution in [0.4, 0.5) is 0 Å². The molecule has 7 rings (SSSR count). The average Bonchev–Trinajstić information content (AvgIpc) is 3.24. The lowest BCUT2D eigenvalue weighted by atomic mass is 9.72. The second-order valence-electron chi connectivity index (χ2n) is 11.0.